The van der Waals surface area contributed by atoms with Gasteiger partial charge in [-0.3, -0.25) is 4.79 Å². The summed E-state index contributed by atoms with van der Waals surface area (Å²) in [5.41, 5.74) is 3.78. The van der Waals surface area contributed by atoms with E-state index in [2.05, 4.69) is 34.2 Å². The van der Waals surface area contributed by atoms with E-state index < -0.39 is 0 Å². The summed E-state index contributed by atoms with van der Waals surface area (Å²) in [6.45, 7) is 3.83. The van der Waals surface area contributed by atoms with Crippen molar-refractivity contribution in [3.8, 4) is 11.3 Å². The van der Waals surface area contributed by atoms with E-state index in [0.717, 1.165) is 29.1 Å². The van der Waals surface area contributed by atoms with Gasteiger partial charge in [0.15, 0.2) is 0 Å². The molecule has 4 rings (SSSR count). The molecule has 27 heavy (non-hydrogen) atoms. The van der Waals surface area contributed by atoms with E-state index in [4.69, 9.17) is 4.74 Å². The van der Waals surface area contributed by atoms with Gasteiger partial charge in [-0.2, -0.15) is 0 Å². The van der Waals surface area contributed by atoms with Crippen molar-refractivity contribution in [2.75, 3.05) is 19.7 Å². The number of hydrogen-bond acceptors (Lipinski definition) is 4. The van der Waals surface area contributed by atoms with Crippen molar-refractivity contribution in [2.45, 2.75) is 25.9 Å². The third-order valence-corrected chi connectivity index (χ3v) is 5.63. The Balaban J connectivity index is 1.38. The largest absolute Gasteiger partial charge is 0.375 e. The Morgan fingerprint density at radius 2 is 2.22 bits per heavy atom. The summed E-state index contributed by atoms with van der Waals surface area (Å²) < 4.78 is 5.88. The first-order chi connectivity index (χ1) is 13.2. The second-order valence-corrected chi connectivity index (χ2v) is 7.88. The van der Waals surface area contributed by atoms with Gasteiger partial charge >= 0.3 is 0 Å². The number of thiazole rings is 1. The van der Waals surface area contributed by atoms with Gasteiger partial charge in [0, 0.05) is 30.2 Å². The third-order valence-electron chi connectivity index (χ3n) is 4.85. The number of amides is 1. The molecule has 1 amide bonds. The summed E-state index contributed by atoms with van der Waals surface area (Å²) in [6, 6.07) is 12.3. The highest BCUT2D eigenvalue weighted by Crippen LogP contribution is 2.23. The maximum absolute atomic E-state index is 12.9. The van der Waals surface area contributed by atoms with Crippen molar-refractivity contribution in [1.82, 2.24) is 14.9 Å². The highest BCUT2D eigenvalue weighted by Gasteiger charge is 2.26. The summed E-state index contributed by atoms with van der Waals surface area (Å²) in [5.74, 6) is 0.0289. The SMILES string of the molecule is Cc1nc(-c2c[nH]c(C(=O)N3CCOC(CCc4ccccc4)C3)c2)cs1. The van der Waals surface area contributed by atoms with E-state index in [1.54, 1.807) is 11.3 Å². The van der Waals surface area contributed by atoms with Crippen LogP contribution in [-0.4, -0.2) is 46.6 Å². The van der Waals surface area contributed by atoms with Gasteiger partial charge in [0.1, 0.15) is 5.69 Å². The fraction of sp³-hybridized carbons (Fsp3) is 0.333. The fourth-order valence-electron chi connectivity index (χ4n) is 3.38. The number of morpholine rings is 1. The summed E-state index contributed by atoms with van der Waals surface area (Å²) in [7, 11) is 0. The van der Waals surface area contributed by atoms with Crippen molar-refractivity contribution in [1.29, 1.82) is 0 Å². The number of benzene rings is 1. The van der Waals surface area contributed by atoms with E-state index in [9.17, 15) is 4.79 Å². The van der Waals surface area contributed by atoms with E-state index in [0.29, 0.717) is 25.4 Å². The number of carbonyl (C=O) groups excluding carboxylic acids is 1. The van der Waals surface area contributed by atoms with Crippen molar-refractivity contribution >= 4 is 17.2 Å². The zero-order valence-corrected chi connectivity index (χ0v) is 16.2. The van der Waals surface area contributed by atoms with Gasteiger partial charge in [-0.15, -0.1) is 11.3 Å². The van der Waals surface area contributed by atoms with Crippen LogP contribution in [0.3, 0.4) is 0 Å². The Morgan fingerprint density at radius 3 is 3.00 bits per heavy atom. The second-order valence-electron chi connectivity index (χ2n) is 6.82. The molecule has 140 valence electrons. The molecule has 1 aliphatic heterocycles. The van der Waals surface area contributed by atoms with E-state index in [-0.39, 0.29) is 12.0 Å². The molecule has 1 aromatic carbocycles. The van der Waals surface area contributed by atoms with Gasteiger partial charge in [-0.05, 0) is 31.4 Å². The lowest BCUT2D eigenvalue weighted by molar-refractivity contribution is -0.0247. The van der Waals surface area contributed by atoms with Crippen LogP contribution < -0.4 is 0 Å². The highest BCUT2D eigenvalue weighted by atomic mass is 32.1. The van der Waals surface area contributed by atoms with E-state index >= 15 is 0 Å². The van der Waals surface area contributed by atoms with Crippen LogP contribution in [0.2, 0.25) is 0 Å². The minimum atomic E-state index is 0.0289. The Morgan fingerprint density at radius 1 is 1.37 bits per heavy atom. The molecular formula is C21H23N3O2S. The molecule has 6 heteroatoms. The molecule has 0 spiro atoms. The summed E-state index contributed by atoms with van der Waals surface area (Å²) >= 11 is 1.61. The molecular weight excluding hydrogens is 358 g/mol. The van der Waals surface area contributed by atoms with Crippen molar-refractivity contribution in [3.05, 3.63) is 64.2 Å². The number of aromatic amines is 1. The van der Waals surface area contributed by atoms with Crippen molar-refractivity contribution in [2.24, 2.45) is 0 Å². The Hall–Kier alpha value is -2.44. The normalized spacial score (nSPS) is 17.2. The van der Waals surface area contributed by atoms with E-state index in [1.165, 1.54) is 5.56 Å². The lowest BCUT2D eigenvalue weighted by atomic mass is 10.1. The lowest BCUT2D eigenvalue weighted by Crippen LogP contribution is -2.45. The Bertz CT molecular complexity index is 903. The molecule has 1 aliphatic rings. The molecule has 2 aromatic heterocycles. The molecule has 1 saturated heterocycles. The minimum absolute atomic E-state index is 0.0289. The monoisotopic (exact) mass is 381 g/mol. The molecule has 5 nitrogen and oxygen atoms in total. The number of H-pyrrole nitrogens is 1. The maximum Gasteiger partial charge on any atom is 0.270 e. The third kappa shape index (κ3) is 4.28. The fourth-order valence-corrected chi connectivity index (χ4v) is 4.00. The van der Waals surface area contributed by atoms with Crippen LogP contribution in [0.25, 0.3) is 11.3 Å². The predicted octanol–water partition coefficient (Wildman–Crippen LogP) is 3.92. The van der Waals surface area contributed by atoms with Crippen LogP contribution >= 0.6 is 11.3 Å². The standard InChI is InChI=1S/C21H23N3O2S/c1-15-23-20(14-27-15)17-11-19(22-12-17)21(25)24-9-10-26-18(13-24)8-7-16-5-3-2-4-6-16/h2-6,11-12,14,18,22H,7-10,13H2,1H3. The van der Waals surface area contributed by atoms with Gasteiger partial charge in [0.05, 0.1) is 23.4 Å². The molecule has 3 heterocycles. The molecule has 1 fully saturated rings. The zero-order chi connectivity index (χ0) is 18.6. The number of carbonyl (C=O) groups is 1. The second kappa shape index (κ2) is 8.06. The minimum Gasteiger partial charge on any atom is -0.375 e. The summed E-state index contributed by atoms with van der Waals surface area (Å²) in [4.78, 5) is 22.4. The molecule has 1 unspecified atom stereocenters. The summed E-state index contributed by atoms with van der Waals surface area (Å²) in [5, 5.41) is 3.04. The molecule has 0 saturated carbocycles. The number of rotatable bonds is 5. The van der Waals surface area contributed by atoms with E-state index in [1.807, 2.05) is 35.5 Å². The quantitative estimate of drug-likeness (QED) is 0.729. The molecule has 3 aromatic rings. The Kier molecular flexibility index (Phi) is 5.36. The number of hydrogen-bond donors (Lipinski definition) is 1. The van der Waals surface area contributed by atoms with Gasteiger partial charge < -0.3 is 14.6 Å². The number of nitrogens with one attached hydrogen (secondary N) is 1. The molecule has 0 aliphatic carbocycles. The number of aryl methyl sites for hydroxylation is 2. The van der Waals surface area contributed by atoms with Gasteiger partial charge in [0.2, 0.25) is 0 Å². The number of ether oxygens (including phenoxy) is 1. The van der Waals surface area contributed by atoms with Gasteiger partial charge in [-0.1, -0.05) is 30.3 Å². The highest BCUT2D eigenvalue weighted by molar-refractivity contribution is 7.09. The van der Waals surface area contributed by atoms with Crippen LogP contribution in [0.5, 0.6) is 0 Å². The number of aromatic nitrogens is 2. The molecule has 0 radical (unpaired) electrons. The van der Waals surface area contributed by atoms with Crippen LogP contribution in [0, 0.1) is 6.92 Å². The first kappa shape index (κ1) is 17.9. The lowest BCUT2D eigenvalue weighted by Gasteiger charge is -2.32. The number of nitrogens with zero attached hydrogens (tertiary/aromatic N) is 2. The van der Waals surface area contributed by atoms with Gasteiger partial charge in [-0.25, -0.2) is 4.98 Å². The average molecular weight is 382 g/mol. The average Bonchev–Trinajstić information content (AvgIpc) is 3.36. The summed E-state index contributed by atoms with van der Waals surface area (Å²) in [6.07, 6.45) is 3.82. The molecule has 1 N–H and O–H groups in total. The predicted molar refractivity (Wildman–Crippen MR) is 107 cm³/mol. The first-order valence-electron chi connectivity index (χ1n) is 9.25. The zero-order valence-electron chi connectivity index (χ0n) is 15.4. The van der Waals surface area contributed by atoms with Crippen molar-refractivity contribution < 1.29 is 9.53 Å². The van der Waals surface area contributed by atoms with Crippen LogP contribution in [-0.2, 0) is 11.2 Å². The topological polar surface area (TPSA) is 58.2 Å². The van der Waals surface area contributed by atoms with Gasteiger partial charge in [0.25, 0.3) is 5.91 Å². The smallest absolute Gasteiger partial charge is 0.270 e. The molecule has 1 atom stereocenters. The van der Waals surface area contributed by atoms with Crippen molar-refractivity contribution in [3.63, 3.8) is 0 Å². The Labute approximate surface area is 163 Å². The van der Waals surface area contributed by atoms with Crippen LogP contribution in [0.1, 0.15) is 27.5 Å². The first-order valence-corrected chi connectivity index (χ1v) is 10.1. The van der Waals surface area contributed by atoms with Crippen LogP contribution in [0.4, 0.5) is 0 Å². The molecule has 0 bridgehead atoms. The maximum atomic E-state index is 12.9. The van der Waals surface area contributed by atoms with Crippen LogP contribution in [0.15, 0.2) is 48.0 Å².